The Morgan fingerprint density at radius 1 is 1.30 bits per heavy atom. The number of rotatable bonds is 5. The number of nitrogens with one attached hydrogen (secondary N) is 1. The largest absolute Gasteiger partial charge is 0.396 e. The van der Waals surface area contributed by atoms with Gasteiger partial charge in [0.05, 0.1) is 0 Å². The number of benzene rings is 1. The van der Waals surface area contributed by atoms with Crippen LogP contribution in [0.1, 0.15) is 24.8 Å². The van der Waals surface area contributed by atoms with Crippen LogP contribution in [0.25, 0.3) is 10.8 Å². The summed E-state index contributed by atoms with van der Waals surface area (Å²) in [6.07, 6.45) is 5.42. The molecule has 0 aliphatic heterocycles. The van der Waals surface area contributed by atoms with Crippen LogP contribution in [0.2, 0.25) is 0 Å². The number of nitrogens with zero attached hydrogens (tertiary/aromatic N) is 1. The summed E-state index contributed by atoms with van der Waals surface area (Å²) in [6.45, 7) is 0.211. The molecule has 104 valence electrons. The Morgan fingerprint density at radius 2 is 2.15 bits per heavy atom. The van der Waals surface area contributed by atoms with E-state index in [9.17, 15) is 4.79 Å². The Kier molecular flexibility index (Phi) is 3.65. The van der Waals surface area contributed by atoms with Crippen molar-refractivity contribution in [3.63, 3.8) is 0 Å². The molecular weight excluding hydrogens is 252 g/mol. The van der Waals surface area contributed by atoms with Crippen molar-refractivity contribution in [3.8, 4) is 0 Å². The van der Waals surface area contributed by atoms with Gasteiger partial charge in [-0.15, -0.1) is 0 Å². The molecule has 1 aliphatic rings. The van der Waals surface area contributed by atoms with E-state index in [1.807, 2.05) is 12.1 Å². The summed E-state index contributed by atoms with van der Waals surface area (Å²) in [5, 5.41) is 13.8. The molecule has 1 saturated carbocycles. The summed E-state index contributed by atoms with van der Waals surface area (Å²) in [6, 6.07) is 8.09. The Morgan fingerprint density at radius 3 is 2.90 bits per heavy atom. The number of aliphatic hydroxyl groups is 1. The maximum Gasteiger partial charge on any atom is 0.228 e. The molecular formula is C16H18N2O2. The number of aromatic nitrogens is 1. The van der Waals surface area contributed by atoms with Gasteiger partial charge < -0.3 is 10.4 Å². The molecule has 1 heterocycles. The molecule has 20 heavy (non-hydrogen) atoms. The maximum absolute atomic E-state index is 11.7. The monoisotopic (exact) mass is 270 g/mol. The second kappa shape index (κ2) is 5.59. The minimum Gasteiger partial charge on any atom is -0.396 e. The quantitative estimate of drug-likeness (QED) is 0.877. The molecule has 0 radical (unpaired) electrons. The summed E-state index contributed by atoms with van der Waals surface area (Å²) in [5.41, 5.74) is 1.20. The van der Waals surface area contributed by atoms with Crippen molar-refractivity contribution in [2.45, 2.75) is 25.7 Å². The van der Waals surface area contributed by atoms with Gasteiger partial charge >= 0.3 is 0 Å². The molecule has 1 aromatic heterocycles. The van der Waals surface area contributed by atoms with Crippen molar-refractivity contribution in [2.75, 3.05) is 11.9 Å². The molecule has 4 heteroatoms. The van der Waals surface area contributed by atoms with Crippen molar-refractivity contribution in [3.05, 3.63) is 36.0 Å². The summed E-state index contributed by atoms with van der Waals surface area (Å²) in [7, 11) is 0. The van der Waals surface area contributed by atoms with Crippen LogP contribution in [-0.2, 0) is 11.2 Å². The third-order valence-corrected chi connectivity index (χ3v) is 3.61. The lowest BCUT2D eigenvalue weighted by Crippen LogP contribution is -2.14. The van der Waals surface area contributed by atoms with E-state index < -0.39 is 0 Å². The molecule has 1 fully saturated rings. The molecule has 0 atom stereocenters. The number of amides is 1. The van der Waals surface area contributed by atoms with E-state index >= 15 is 0 Å². The van der Waals surface area contributed by atoms with E-state index in [-0.39, 0.29) is 18.4 Å². The van der Waals surface area contributed by atoms with E-state index in [1.165, 1.54) is 5.56 Å². The minimum absolute atomic E-state index is 0.0800. The van der Waals surface area contributed by atoms with Crippen molar-refractivity contribution in [1.29, 1.82) is 0 Å². The Bertz CT molecular complexity index is 635. The number of fused-ring (bicyclic) bond motifs is 1. The average Bonchev–Trinajstić information content (AvgIpc) is 3.29. The van der Waals surface area contributed by atoms with E-state index in [2.05, 4.69) is 22.4 Å². The zero-order chi connectivity index (χ0) is 13.9. The highest BCUT2D eigenvalue weighted by molar-refractivity contribution is 5.95. The third-order valence-electron chi connectivity index (χ3n) is 3.61. The molecule has 4 nitrogen and oxygen atoms in total. The predicted molar refractivity (Wildman–Crippen MR) is 78.5 cm³/mol. The average molecular weight is 270 g/mol. The topological polar surface area (TPSA) is 62.2 Å². The first kappa shape index (κ1) is 13.1. The molecule has 2 N–H and O–H groups in total. The van der Waals surface area contributed by atoms with Gasteiger partial charge in [-0.25, -0.2) is 4.98 Å². The number of anilines is 1. The van der Waals surface area contributed by atoms with E-state index in [4.69, 9.17) is 5.11 Å². The Labute approximate surface area is 117 Å². The minimum atomic E-state index is 0.0800. The third kappa shape index (κ3) is 2.96. The number of hydrogen-bond acceptors (Lipinski definition) is 3. The zero-order valence-corrected chi connectivity index (χ0v) is 11.3. The van der Waals surface area contributed by atoms with E-state index in [0.29, 0.717) is 5.82 Å². The molecule has 2 aromatic rings. The molecule has 0 spiro atoms. The lowest BCUT2D eigenvalue weighted by molar-refractivity contribution is -0.117. The lowest BCUT2D eigenvalue weighted by Gasteiger charge is -2.06. The maximum atomic E-state index is 11.7. The van der Waals surface area contributed by atoms with Crippen LogP contribution < -0.4 is 5.32 Å². The first-order valence-electron chi connectivity index (χ1n) is 7.06. The summed E-state index contributed by atoms with van der Waals surface area (Å²) in [4.78, 5) is 16.0. The number of aliphatic hydroxyl groups excluding tert-OH is 1. The number of hydrogen-bond donors (Lipinski definition) is 2. The van der Waals surface area contributed by atoms with Crippen LogP contribution in [0.5, 0.6) is 0 Å². The lowest BCUT2D eigenvalue weighted by atomic mass is 10.1. The van der Waals surface area contributed by atoms with Crippen LogP contribution >= 0.6 is 0 Å². The SMILES string of the molecule is O=C(Nc1cc2ccc(CCCO)cc2cn1)C1CC1. The fourth-order valence-corrected chi connectivity index (χ4v) is 2.27. The van der Waals surface area contributed by atoms with Gasteiger partial charge in [0, 0.05) is 24.1 Å². The van der Waals surface area contributed by atoms with Crippen molar-refractivity contribution >= 4 is 22.5 Å². The fraction of sp³-hybridized carbons (Fsp3) is 0.375. The normalized spacial score (nSPS) is 14.4. The molecule has 3 rings (SSSR count). The highest BCUT2D eigenvalue weighted by Crippen LogP contribution is 2.30. The van der Waals surface area contributed by atoms with Crippen molar-refractivity contribution in [2.24, 2.45) is 5.92 Å². The van der Waals surface area contributed by atoms with E-state index in [1.54, 1.807) is 6.20 Å². The van der Waals surface area contributed by atoms with E-state index in [0.717, 1.165) is 36.5 Å². The zero-order valence-electron chi connectivity index (χ0n) is 11.3. The van der Waals surface area contributed by atoms with Crippen LogP contribution in [-0.4, -0.2) is 22.6 Å². The van der Waals surface area contributed by atoms with Gasteiger partial charge in [0.15, 0.2) is 0 Å². The van der Waals surface area contributed by atoms with Crippen LogP contribution in [0.15, 0.2) is 30.5 Å². The molecule has 1 aromatic carbocycles. The Hall–Kier alpha value is -1.94. The Balaban J connectivity index is 1.78. The number of carbonyl (C=O) groups excluding carboxylic acids is 1. The number of aryl methyl sites for hydroxylation is 1. The molecule has 0 unspecified atom stereocenters. The van der Waals surface area contributed by atoms with Gasteiger partial charge in [0.2, 0.25) is 5.91 Å². The van der Waals surface area contributed by atoms with Gasteiger partial charge in [-0.1, -0.05) is 12.1 Å². The van der Waals surface area contributed by atoms with Crippen molar-refractivity contribution < 1.29 is 9.90 Å². The molecule has 0 saturated heterocycles. The summed E-state index contributed by atoms with van der Waals surface area (Å²) in [5.74, 6) is 0.891. The second-order valence-electron chi connectivity index (χ2n) is 5.34. The van der Waals surface area contributed by atoms with Crippen molar-refractivity contribution in [1.82, 2.24) is 4.98 Å². The van der Waals surface area contributed by atoms with Crippen LogP contribution in [0, 0.1) is 5.92 Å². The fourth-order valence-electron chi connectivity index (χ4n) is 2.27. The smallest absolute Gasteiger partial charge is 0.228 e. The standard InChI is InChI=1S/C16H18N2O2/c19-7-1-2-11-3-4-13-9-15(17-10-14(13)8-11)18-16(20)12-5-6-12/h3-4,8-10,12,19H,1-2,5-7H2,(H,17,18,20). The van der Waals surface area contributed by atoms with Gasteiger partial charge in [0.1, 0.15) is 5.82 Å². The van der Waals surface area contributed by atoms with Crippen LogP contribution in [0.3, 0.4) is 0 Å². The highest BCUT2D eigenvalue weighted by Gasteiger charge is 2.29. The van der Waals surface area contributed by atoms with Gasteiger partial charge in [-0.05, 0) is 48.8 Å². The predicted octanol–water partition coefficient (Wildman–Crippen LogP) is 2.51. The number of carbonyl (C=O) groups is 1. The first-order valence-corrected chi connectivity index (χ1v) is 7.06. The highest BCUT2D eigenvalue weighted by atomic mass is 16.2. The van der Waals surface area contributed by atoms with Gasteiger partial charge in [-0.3, -0.25) is 4.79 Å². The summed E-state index contributed by atoms with van der Waals surface area (Å²) >= 11 is 0. The van der Waals surface area contributed by atoms with Gasteiger partial charge in [0.25, 0.3) is 0 Å². The molecule has 1 aliphatic carbocycles. The second-order valence-corrected chi connectivity index (χ2v) is 5.34. The van der Waals surface area contributed by atoms with Gasteiger partial charge in [-0.2, -0.15) is 0 Å². The number of pyridine rings is 1. The molecule has 1 amide bonds. The first-order chi connectivity index (χ1) is 9.76. The van der Waals surface area contributed by atoms with Crippen LogP contribution in [0.4, 0.5) is 5.82 Å². The summed E-state index contributed by atoms with van der Waals surface area (Å²) < 4.78 is 0. The molecule has 0 bridgehead atoms.